The lowest BCUT2D eigenvalue weighted by molar-refractivity contribution is -0.162. The lowest BCUT2D eigenvalue weighted by Gasteiger charge is -2.16. The van der Waals surface area contributed by atoms with Gasteiger partial charge in [0.2, 0.25) is 0 Å². The Labute approximate surface area is 129 Å². The van der Waals surface area contributed by atoms with Gasteiger partial charge in [-0.1, -0.05) is 0 Å². The highest BCUT2D eigenvalue weighted by atomic mass is 16.6. The van der Waals surface area contributed by atoms with E-state index >= 15 is 0 Å². The van der Waals surface area contributed by atoms with Crippen LogP contribution in [0.2, 0.25) is 0 Å². The van der Waals surface area contributed by atoms with E-state index < -0.39 is 18.2 Å². The summed E-state index contributed by atoms with van der Waals surface area (Å²) in [6.07, 6.45) is 0.0717. The first-order valence-electron chi connectivity index (χ1n) is 7.46. The van der Waals surface area contributed by atoms with E-state index in [0.29, 0.717) is 25.3 Å². The third-order valence-electron chi connectivity index (χ3n) is 3.29. The summed E-state index contributed by atoms with van der Waals surface area (Å²) in [5.41, 5.74) is 0.619. The Morgan fingerprint density at radius 2 is 2.09 bits per heavy atom. The van der Waals surface area contributed by atoms with Crippen LogP contribution in [-0.4, -0.2) is 37.3 Å². The molecule has 6 nitrogen and oxygen atoms in total. The number of hydrogen-bond acceptors (Lipinski definition) is 5. The molecule has 1 aliphatic rings. The zero-order valence-electron chi connectivity index (χ0n) is 12.8. The molecule has 0 aromatic heterocycles. The summed E-state index contributed by atoms with van der Waals surface area (Å²) in [4.78, 5) is 23.8. The largest absolute Gasteiger partial charge is 0.494 e. The van der Waals surface area contributed by atoms with Gasteiger partial charge >= 0.3 is 5.97 Å². The Bertz CT molecular complexity index is 508. The van der Waals surface area contributed by atoms with Gasteiger partial charge in [0.15, 0.2) is 12.2 Å². The molecule has 1 aliphatic heterocycles. The third kappa shape index (κ3) is 4.46. The lowest BCUT2D eigenvalue weighted by Crippen LogP contribution is -2.33. The van der Waals surface area contributed by atoms with Crippen molar-refractivity contribution in [1.82, 2.24) is 0 Å². The van der Waals surface area contributed by atoms with Crippen molar-refractivity contribution in [3.8, 4) is 5.75 Å². The molecule has 2 atom stereocenters. The normalized spacial score (nSPS) is 18.5. The van der Waals surface area contributed by atoms with Crippen LogP contribution in [0.5, 0.6) is 5.75 Å². The van der Waals surface area contributed by atoms with Gasteiger partial charge in [-0.15, -0.1) is 0 Å². The van der Waals surface area contributed by atoms with Gasteiger partial charge in [0.1, 0.15) is 5.75 Å². The van der Waals surface area contributed by atoms with Gasteiger partial charge < -0.3 is 19.5 Å². The zero-order chi connectivity index (χ0) is 15.9. The van der Waals surface area contributed by atoms with Crippen molar-refractivity contribution in [2.75, 3.05) is 18.5 Å². The van der Waals surface area contributed by atoms with E-state index in [1.807, 2.05) is 6.92 Å². The van der Waals surface area contributed by atoms with Gasteiger partial charge in [0, 0.05) is 12.3 Å². The van der Waals surface area contributed by atoms with Crippen LogP contribution in [0.4, 0.5) is 5.69 Å². The van der Waals surface area contributed by atoms with Gasteiger partial charge in [-0.3, -0.25) is 4.79 Å². The van der Waals surface area contributed by atoms with Crippen LogP contribution in [0.3, 0.4) is 0 Å². The zero-order valence-corrected chi connectivity index (χ0v) is 12.8. The average molecular weight is 307 g/mol. The van der Waals surface area contributed by atoms with Crippen molar-refractivity contribution in [3.63, 3.8) is 0 Å². The van der Waals surface area contributed by atoms with Crippen LogP contribution < -0.4 is 10.1 Å². The summed E-state index contributed by atoms with van der Waals surface area (Å²) in [6.45, 7) is 4.59. The molecule has 2 rings (SSSR count). The molecule has 0 saturated carbocycles. The van der Waals surface area contributed by atoms with E-state index in [0.717, 1.165) is 12.2 Å². The molecule has 0 unspecified atom stereocenters. The molecule has 1 aromatic carbocycles. The quantitative estimate of drug-likeness (QED) is 0.815. The first-order valence-corrected chi connectivity index (χ1v) is 7.46. The third-order valence-corrected chi connectivity index (χ3v) is 3.29. The maximum absolute atomic E-state index is 12.0. The number of nitrogens with one attached hydrogen (secondary N) is 1. The fourth-order valence-corrected chi connectivity index (χ4v) is 2.11. The molecule has 0 spiro atoms. The van der Waals surface area contributed by atoms with Crippen molar-refractivity contribution in [2.24, 2.45) is 0 Å². The van der Waals surface area contributed by atoms with Crippen LogP contribution in [0.15, 0.2) is 24.3 Å². The fraction of sp³-hybridized carbons (Fsp3) is 0.500. The van der Waals surface area contributed by atoms with E-state index in [9.17, 15) is 9.59 Å². The van der Waals surface area contributed by atoms with Crippen LogP contribution in [0.1, 0.15) is 26.7 Å². The van der Waals surface area contributed by atoms with Gasteiger partial charge in [-0.25, -0.2) is 4.79 Å². The predicted molar refractivity (Wildman–Crippen MR) is 80.8 cm³/mol. The lowest BCUT2D eigenvalue weighted by atomic mass is 10.2. The van der Waals surface area contributed by atoms with Crippen molar-refractivity contribution in [1.29, 1.82) is 0 Å². The van der Waals surface area contributed by atoms with Crippen molar-refractivity contribution < 1.29 is 23.8 Å². The highest BCUT2D eigenvalue weighted by Gasteiger charge is 2.28. The second-order valence-electron chi connectivity index (χ2n) is 5.03. The first kappa shape index (κ1) is 16.3. The van der Waals surface area contributed by atoms with E-state index in [1.165, 1.54) is 6.92 Å². The van der Waals surface area contributed by atoms with E-state index in [-0.39, 0.29) is 5.91 Å². The molecule has 1 fully saturated rings. The SMILES string of the molecule is CCOc1ccc(NC(=O)[C@H](C)OC(=O)[C@H]2CCCO2)cc1. The molecule has 0 aliphatic carbocycles. The second kappa shape index (κ2) is 7.79. The monoisotopic (exact) mass is 307 g/mol. The Balaban J connectivity index is 1.83. The molecule has 1 saturated heterocycles. The van der Waals surface area contributed by atoms with Gasteiger partial charge in [-0.2, -0.15) is 0 Å². The number of carbonyl (C=O) groups excluding carboxylic acids is 2. The molecule has 120 valence electrons. The Morgan fingerprint density at radius 1 is 1.36 bits per heavy atom. The van der Waals surface area contributed by atoms with Crippen LogP contribution in [0.25, 0.3) is 0 Å². The maximum atomic E-state index is 12.0. The molecule has 1 amide bonds. The summed E-state index contributed by atoms with van der Waals surface area (Å²) >= 11 is 0. The molecule has 6 heteroatoms. The number of carbonyl (C=O) groups is 2. The minimum absolute atomic E-state index is 0.379. The highest BCUT2D eigenvalue weighted by molar-refractivity contribution is 5.95. The Morgan fingerprint density at radius 3 is 2.68 bits per heavy atom. The first-order chi connectivity index (χ1) is 10.6. The molecular weight excluding hydrogens is 286 g/mol. The van der Waals surface area contributed by atoms with Crippen molar-refractivity contribution in [2.45, 2.75) is 38.9 Å². The molecule has 0 bridgehead atoms. The summed E-state index contributed by atoms with van der Waals surface area (Å²) in [5.74, 6) is -0.124. The van der Waals surface area contributed by atoms with Crippen molar-refractivity contribution >= 4 is 17.6 Å². The molecule has 0 radical (unpaired) electrons. The maximum Gasteiger partial charge on any atom is 0.336 e. The minimum atomic E-state index is -0.872. The topological polar surface area (TPSA) is 73.9 Å². The number of hydrogen-bond donors (Lipinski definition) is 1. The van der Waals surface area contributed by atoms with Crippen LogP contribution >= 0.6 is 0 Å². The molecule has 22 heavy (non-hydrogen) atoms. The number of benzene rings is 1. The van der Waals surface area contributed by atoms with E-state index in [2.05, 4.69) is 5.32 Å². The van der Waals surface area contributed by atoms with E-state index in [4.69, 9.17) is 14.2 Å². The smallest absolute Gasteiger partial charge is 0.336 e. The number of esters is 1. The van der Waals surface area contributed by atoms with E-state index in [1.54, 1.807) is 24.3 Å². The molecular formula is C16H21NO5. The highest BCUT2D eigenvalue weighted by Crippen LogP contribution is 2.17. The summed E-state index contributed by atoms with van der Waals surface area (Å²) < 4.78 is 15.7. The minimum Gasteiger partial charge on any atom is -0.494 e. The number of anilines is 1. The number of ether oxygens (including phenoxy) is 3. The molecule has 1 N–H and O–H groups in total. The molecule has 1 aromatic rings. The summed E-state index contributed by atoms with van der Waals surface area (Å²) in [5, 5.41) is 2.69. The van der Waals surface area contributed by atoms with Gasteiger partial charge in [-0.05, 0) is 51.0 Å². The van der Waals surface area contributed by atoms with Crippen molar-refractivity contribution in [3.05, 3.63) is 24.3 Å². The summed E-state index contributed by atoms with van der Waals surface area (Å²) in [6, 6.07) is 7.00. The Hall–Kier alpha value is -2.08. The predicted octanol–water partition coefficient (Wildman–Crippen LogP) is 2.13. The standard InChI is InChI=1S/C16H21NO5/c1-3-20-13-8-6-12(7-9-13)17-15(18)11(2)22-16(19)14-5-4-10-21-14/h6-9,11,14H,3-5,10H2,1-2H3,(H,17,18)/t11-,14+/m0/s1. The number of rotatable bonds is 6. The average Bonchev–Trinajstić information content (AvgIpc) is 3.04. The second-order valence-corrected chi connectivity index (χ2v) is 5.03. The Kier molecular flexibility index (Phi) is 5.77. The van der Waals surface area contributed by atoms with Crippen LogP contribution in [0, 0.1) is 0 Å². The van der Waals surface area contributed by atoms with Gasteiger partial charge in [0.05, 0.1) is 6.61 Å². The fourth-order valence-electron chi connectivity index (χ4n) is 2.11. The number of amides is 1. The van der Waals surface area contributed by atoms with Crippen LogP contribution in [-0.2, 0) is 19.1 Å². The summed E-state index contributed by atoms with van der Waals surface area (Å²) in [7, 11) is 0. The molecule has 1 heterocycles. The van der Waals surface area contributed by atoms with Gasteiger partial charge in [0.25, 0.3) is 5.91 Å².